The zero-order chi connectivity index (χ0) is 27.1. The highest BCUT2D eigenvalue weighted by Gasteiger charge is 2.43. The Balaban J connectivity index is 1.27. The van der Waals surface area contributed by atoms with Crippen molar-refractivity contribution >= 4 is 35.0 Å². The van der Waals surface area contributed by atoms with Crippen LogP contribution in [0.5, 0.6) is 5.75 Å². The number of methoxy groups -OCH3 is 1. The van der Waals surface area contributed by atoms with Crippen LogP contribution in [0.15, 0.2) is 24.4 Å². The van der Waals surface area contributed by atoms with Crippen molar-refractivity contribution < 1.29 is 14.3 Å². The summed E-state index contributed by atoms with van der Waals surface area (Å²) in [7, 11) is 5.47. The van der Waals surface area contributed by atoms with Gasteiger partial charge in [-0.1, -0.05) is 19.3 Å². The average molecular weight is 534 g/mol. The van der Waals surface area contributed by atoms with Crippen LogP contribution in [0.1, 0.15) is 55.3 Å². The van der Waals surface area contributed by atoms with Gasteiger partial charge < -0.3 is 30.1 Å². The molecule has 208 valence electrons. The SMILES string of the molecule is COc1cc(C(=O)NC2CN(C)C2)ccc1Nc1ncc2c(n1)N(C1CCCCC1)CC(C1CC1)C(=O)N2C. The number of likely N-dealkylation sites (N-methyl/N-ethyl adjacent to an activating group) is 1. The first kappa shape index (κ1) is 25.9. The number of fused-ring (bicyclic) bond motifs is 1. The molecule has 2 N–H and O–H groups in total. The van der Waals surface area contributed by atoms with E-state index in [0.29, 0.717) is 41.5 Å². The molecule has 1 saturated heterocycles. The van der Waals surface area contributed by atoms with Gasteiger partial charge in [0.1, 0.15) is 11.4 Å². The normalized spacial score (nSPS) is 22.6. The molecule has 1 unspecified atom stereocenters. The van der Waals surface area contributed by atoms with E-state index < -0.39 is 0 Å². The number of nitrogens with zero attached hydrogens (tertiary/aromatic N) is 5. The second-order valence-corrected chi connectivity index (χ2v) is 11.6. The number of rotatable bonds is 7. The van der Waals surface area contributed by atoms with Crippen molar-refractivity contribution in [1.82, 2.24) is 20.2 Å². The first-order valence-corrected chi connectivity index (χ1v) is 14.3. The van der Waals surface area contributed by atoms with E-state index >= 15 is 0 Å². The van der Waals surface area contributed by atoms with Crippen molar-refractivity contribution in [3.05, 3.63) is 30.0 Å². The number of benzene rings is 1. The molecule has 39 heavy (non-hydrogen) atoms. The van der Waals surface area contributed by atoms with Gasteiger partial charge in [-0.15, -0.1) is 0 Å². The van der Waals surface area contributed by atoms with Crippen molar-refractivity contribution in [1.29, 1.82) is 0 Å². The second kappa shape index (κ2) is 10.6. The molecule has 0 spiro atoms. The Hall–Kier alpha value is -3.40. The van der Waals surface area contributed by atoms with Gasteiger partial charge in [-0.3, -0.25) is 9.59 Å². The van der Waals surface area contributed by atoms with Gasteiger partial charge in [-0.25, -0.2) is 4.98 Å². The summed E-state index contributed by atoms with van der Waals surface area (Å²) in [6.07, 6.45) is 9.94. The monoisotopic (exact) mass is 533 g/mol. The van der Waals surface area contributed by atoms with E-state index in [9.17, 15) is 9.59 Å². The van der Waals surface area contributed by atoms with E-state index in [1.54, 1.807) is 30.3 Å². The number of nitrogens with one attached hydrogen (secondary N) is 2. The maximum absolute atomic E-state index is 13.4. The van der Waals surface area contributed by atoms with Gasteiger partial charge in [-0.2, -0.15) is 4.98 Å². The van der Waals surface area contributed by atoms with Crippen molar-refractivity contribution in [2.24, 2.45) is 11.8 Å². The molecule has 3 fully saturated rings. The number of carbonyl (C=O) groups is 2. The predicted octanol–water partition coefficient (Wildman–Crippen LogP) is 3.41. The molecule has 1 aromatic heterocycles. The molecule has 2 amide bonds. The minimum atomic E-state index is -0.111. The summed E-state index contributed by atoms with van der Waals surface area (Å²) in [4.78, 5) is 42.1. The molecule has 10 nitrogen and oxygen atoms in total. The molecule has 2 aliphatic carbocycles. The molecule has 3 heterocycles. The lowest BCUT2D eigenvalue weighted by atomic mass is 9.92. The number of hydrogen-bond donors (Lipinski definition) is 2. The minimum Gasteiger partial charge on any atom is -0.495 e. The fourth-order valence-electron chi connectivity index (χ4n) is 6.30. The van der Waals surface area contributed by atoms with Gasteiger partial charge in [0.05, 0.1) is 31.0 Å². The Kier molecular flexibility index (Phi) is 7.05. The Morgan fingerprint density at radius 3 is 2.51 bits per heavy atom. The van der Waals surface area contributed by atoms with E-state index in [1.165, 1.54) is 19.3 Å². The molecular formula is C29H39N7O3. The van der Waals surface area contributed by atoms with Crippen LogP contribution in [0.25, 0.3) is 0 Å². The van der Waals surface area contributed by atoms with E-state index in [-0.39, 0.29) is 23.8 Å². The number of ether oxygens (including phenoxy) is 1. The molecule has 2 aliphatic heterocycles. The largest absolute Gasteiger partial charge is 0.495 e. The van der Waals surface area contributed by atoms with E-state index in [0.717, 1.165) is 50.3 Å². The number of hydrogen-bond acceptors (Lipinski definition) is 8. The lowest BCUT2D eigenvalue weighted by Gasteiger charge is -2.36. The smallest absolute Gasteiger partial charge is 0.251 e. The second-order valence-electron chi connectivity index (χ2n) is 11.6. The molecule has 0 bridgehead atoms. The average Bonchev–Trinajstić information content (AvgIpc) is 3.78. The standard InChI is InChI=1S/C29H39N7O3/c1-34-15-20(16-34)31-27(37)19-11-12-23(25(13-19)39-3)32-29-30-14-24-26(33-29)36(21-7-5-4-6-8-21)17-22(18-9-10-18)28(38)35(24)2/h11-14,18,20-22H,4-10,15-17H2,1-3H3,(H,31,37)(H,30,32,33). The summed E-state index contributed by atoms with van der Waals surface area (Å²) in [5.41, 5.74) is 1.99. The molecule has 2 saturated carbocycles. The molecule has 1 atom stereocenters. The number of anilines is 4. The van der Waals surface area contributed by atoms with Gasteiger partial charge in [0.25, 0.3) is 5.91 Å². The molecule has 10 heteroatoms. The van der Waals surface area contributed by atoms with Crippen molar-refractivity contribution in [3.63, 3.8) is 0 Å². The zero-order valence-corrected chi connectivity index (χ0v) is 23.2. The van der Waals surface area contributed by atoms with Crippen LogP contribution in [0.4, 0.5) is 23.1 Å². The molecule has 0 radical (unpaired) electrons. The van der Waals surface area contributed by atoms with Crippen molar-refractivity contribution in [3.8, 4) is 5.75 Å². The topological polar surface area (TPSA) is 103 Å². The quantitative estimate of drug-likeness (QED) is 0.558. The molecule has 1 aromatic carbocycles. The summed E-state index contributed by atoms with van der Waals surface area (Å²) < 4.78 is 5.63. The number of likely N-dealkylation sites (tertiary alicyclic amines) is 1. The van der Waals surface area contributed by atoms with Crippen LogP contribution in [0.2, 0.25) is 0 Å². The van der Waals surface area contributed by atoms with E-state index in [1.807, 2.05) is 20.2 Å². The molecule has 6 rings (SSSR count). The van der Waals surface area contributed by atoms with Crippen LogP contribution < -0.4 is 25.2 Å². The van der Waals surface area contributed by atoms with Gasteiger partial charge in [0, 0.05) is 38.3 Å². The van der Waals surface area contributed by atoms with Crippen LogP contribution >= 0.6 is 0 Å². The zero-order valence-electron chi connectivity index (χ0n) is 23.2. The summed E-state index contributed by atoms with van der Waals surface area (Å²) in [6.45, 7) is 2.43. The predicted molar refractivity (Wildman–Crippen MR) is 151 cm³/mol. The first-order valence-electron chi connectivity index (χ1n) is 14.3. The minimum absolute atomic E-state index is 0.00153. The lowest BCUT2D eigenvalue weighted by molar-refractivity contribution is -0.122. The van der Waals surface area contributed by atoms with E-state index in [2.05, 4.69) is 25.4 Å². The summed E-state index contributed by atoms with van der Waals surface area (Å²) in [6, 6.07) is 5.91. The van der Waals surface area contributed by atoms with Gasteiger partial charge in [0.15, 0.2) is 5.82 Å². The Bertz CT molecular complexity index is 1240. The highest BCUT2D eigenvalue weighted by molar-refractivity contribution is 5.99. The highest BCUT2D eigenvalue weighted by atomic mass is 16.5. The van der Waals surface area contributed by atoms with Crippen molar-refractivity contribution in [2.45, 2.75) is 57.0 Å². The maximum Gasteiger partial charge on any atom is 0.251 e. The van der Waals surface area contributed by atoms with Crippen LogP contribution in [0.3, 0.4) is 0 Å². The lowest BCUT2D eigenvalue weighted by Crippen LogP contribution is -2.57. The summed E-state index contributed by atoms with van der Waals surface area (Å²) >= 11 is 0. The van der Waals surface area contributed by atoms with Crippen LogP contribution in [-0.4, -0.2) is 79.6 Å². The third-order valence-electron chi connectivity index (χ3n) is 8.74. The number of amides is 2. The van der Waals surface area contributed by atoms with Crippen LogP contribution in [-0.2, 0) is 4.79 Å². The van der Waals surface area contributed by atoms with Gasteiger partial charge in [-0.05, 0) is 56.8 Å². The Labute approximate surface area is 230 Å². The third-order valence-corrected chi connectivity index (χ3v) is 8.74. The molecule has 4 aliphatic rings. The Morgan fingerprint density at radius 2 is 1.82 bits per heavy atom. The maximum atomic E-state index is 13.4. The summed E-state index contributed by atoms with van der Waals surface area (Å²) in [5, 5.41) is 6.37. The van der Waals surface area contributed by atoms with Gasteiger partial charge in [0.2, 0.25) is 11.9 Å². The first-order chi connectivity index (χ1) is 18.9. The van der Waals surface area contributed by atoms with Gasteiger partial charge >= 0.3 is 0 Å². The number of aromatic nitrogens is 2. The fourth-order valence-corrected chi connectivity index (χ4v) is 6.30. The summed E-state index contributed by atoms with van der Waals surface area (Å²) in [5.74, 6) is 2.33. The van der Waals surface area contributed by atoms with Crippen LogP contribution in [0, 0.1) is 11.8 Å². The Morgan fingerprint density at radius 1 is 1.05 bits per heavy atom. The molecule has 2 aromatic rings. The van der Waals surface area contributed by atoms with Crippen molar-refractivity contribution in [2.75, 3.05) is 56.0 Å². The number of carbonyl (C=O) groups excluding carboxylic acids is 2. The van der Waals surface area contributed by atoms with E-state index in [4.69, 9.17) is 9.72 Å². The highest BCUT2D eigenvalue weighted by Crippen LogP contribution is 2.44. The molecular weight excluding hydrogens is 494 g/mol. The third kappa shape index (κ3) is 5.26. The fraction of sp³-hybridized carbons (Fsp3) is 0.586.